The maximum absolute atomic E-state index is 14.1. The molecule has 1 unspecified atom stereocenters. The molecule has 0 aliphatic carbocycles. The van der Waals surface area contributed by atoms with Crippen LogP contribution in [0.4, 0.5) is 0 Å². The van der Waals surface area contributed by atoms with Gasteiger partial charge in [-0.15, -0.1) is 5.10 Å². The molecule has 234 valence electrons. The topological polar surface area (TPSA) is 118 Å². The van der Waals surface area contributed by atoms with Crippen LogP contribution in [-0.2, 0) is 15.7 Å². The molecule has 1 N–H and O–H groups in total. The van der Waals surface area contributed by atoms with E-state index in [-0.39, 0.29) is 11.3 Å². The SMILES string of the molecule is COc1ccc(-n2cnnn2)cc1C(=O)N1CCC(CCN2CCC(NC=O)(c3ccccn3)CC2)(c2ccc(C)c(C)c2)C1. The van der Waals surface area contributed by atoms with Crippen molar-refractivity contribution in [3.63, 3.8) is 0 Å². The van der Waals surface area contributed by atoms with Crippen LogP contribution in [0, 0.1) is 13.8 Å². The number of rotatable bonds is 10. The number of piperidine rings is 1. The van der Waals surface area contributed by atoms with Crippen molar-refractivity contribution in [2.75, 3.05) is 39.8 Å². The Morgan fingerprint density at radius 3 is 2.56 bits per heavy atom. The molecule has 11 nitrogen and oxygen atoms in total. The van der Waals surface area contributed by atoms with Crippen LogP contribution in [-0.4, -0.2) is 87.1 Å². The van der Waals surface area contributed by atoms with Gasteiger partial charge >= 0.3 is 0 Å². The standard InChI is InChI=1S/C34H40N8O3/c1-25-7-8-27(20-26(25)2)33(11-16-40-17-13-34(14-18-40,36-24-43)31-6-4-5-15-35-31)12-19-41(22-33)32(44)29-21-28(9-10-30(29)45-3)42-23-37-38-39-42/h4-10,15,20-21,23-24H,11-14,16-19,22H2,1-3H3,(H,36,43). The fourth-order valence-electron chi connectivity index (χ4n) is 6.92. The maximum atomic E-state index is 14.1. The summed E-state index contributed by atoms with van der Waals surface area (Å²) in [6.45, 7) is 8.15. The van der Waals surface area contributed by atoms with Gasteiger partial charge in [-0.1, -0.05) is 24.3 Å². The number of likely N-dealkylation sites (tertiary alicyclic amines) is 2. The normalized spacial score (nSPS) is 19.8. The molecule has 2 saturated heterocycles. The molecule has 2 aliphatic rings. The summed E-state index contributed by atoms with van der Waals surface area (Å²) in [5.74, 6) is 0.458. The fraction of sp³-hybridized carbons (Fsp3) is 0.412. The van der Waals surface area contributed by atoms with E-state index >= 15 is 0 Å². The van der Waals surface area contributed by atoms with E-state index in [1.54, 1.807) is 25.4 Å². The summed E-state index contributed by atoms with van der Waals surface area (Å²) in [5, 5.41) is 14.5. The van der Waals surface area contributed by atoms with Gasteiger partial charge in [-0.3, -0.25) is 14.6 Å². The van der Waals surface area contributed by atoms with Gasteiger partial charge in [-0.25, -0.2) is 4.68 Å². The quantitative estimate of drug-likeness (QED) is 0.272. The van der Waals surface area contributed by atoms with Gasteiger partial charge in [0, 0.05) is 37.8 Å². The van der Waals surface area contributed by atoms with Crippen LogP contribution in [0.15, 0.2) is 67.1 Å². The molecule has 2 amide bonds. The molecule has 2 aliphatic heterocycles. The lowest BCUT2D eigenvalue weighted by Crippen LogP contribution is -2.51. The number of nitrogens with zero attached hydrogens (tertiary/aromatic N) is 7. The van der Waals surface area contributed by atoms with Crippen LogP contribution >= 0.6 is 0 Å². The summed E-state index contributed by atoms with van der Waals surface area (Å²) < 4.78 is 7.14. The number of hydrogen-bond donors (Lipinski definition) is 1. The number of methoxy groups -OCH3 is 1. The maximum Gasteiger partial charge on any atom is 0.257 e. The third-order valence-electron chi connectivity index (χ3n) is 9.89. The number of benzene rings is 2. The molecule has 6 rings (SSSR count). The smallest absolute Gasteiger partial charge is 0.257 e. The summed E-state index contributed by atoms with van der Waals surface area (Å²) in [7, 11) is 1.58. The van der Waals surface area contributed by atoms with E-state index in [1.165, 1.54) is 27.7 Å². The molecular weight excluding hydrogens is 568 g/mol. The first-order chi connectivity index (χ1) is 21.9. The molecule has 4 heterocycles. The minimum atomic E-state index is -0.447. The van der Waals surface area contributed by atoms with E-state index in [4.69, 9.17) is 4.74 Å². The highest BCUT2D eigenvalue weighted by Crippen LogP contribution is 2.41. The molecule has 4 aromatic rings. The summed E-state index contributed by atoms with van der Waals surface area (Å²) in [4.78, 5) is 34.7. The van der Waals surface area contributed by atoms with Crippen molar-refractivity contribution < 1.29 is 14.3 Å². The zero-order valence-electron chi connectivity index (χ0n) is 26.1. The summed E-state index contributed by atoms with van der Waals surface area (Å²) in [6, 6.07) is 18.0. The van der Waals surface area contributed by atoms with Crippen LogP contribution in [0.25, 0.3) is 5.69 Å². The van der Waals surface area contributed by atoms with Gasteiger partial charge in [0.1, 0.15) is 12.1 Å². The van der Waals surface area contributed by atoms with Crippen molar-refractivity contribution in [3.05, 3.63) is 95.1 Å². The largest absolute Gasteiger partial charge is 0.496 e. The van der Waals surface area contributed by atoms with Gasteiger partial charge < -0.3 is 19.9 Å². The highest BCUT2D eigenvalue weighted by Gasteiger charge is 2.43. The van der Waals surface area contributed by atoms with Crippen LogP contribution in [0.2, 0.25) is 0 Å². The predicted octanol–water partition coefficient (Wildman–Crippen LogP) is 3.59. The fourth-order valence-corrected chi connectivity index (χ4v) is 6.92. The van der Waals surface area contributed by atoms with Gasteiger partial charge in [0.25, 0.3) is 5.91 Å². The Bertz CT molecular complexity index is 1640. The lowest BCUT2D eigenvalue weighted by Gasteiger charge is -2.42. The molecule has 0 spiro atoms. The highest BCUT2D eigenvalue weighted by molar-refractivity contribution is 5.97. The number of carbonyl (C=O) groups is 2. The molecule has 2 aromatic heterocycles. The van der Waals surface area contributed by atoms with E-state index in [1.807, 2.05) is 29.2 Å². The van der Waals surface area contributed by atoms with E-state index in [0.29, 0.717) is 30.1 Å². The summed E-state index contributed by atoms with van der Waals surface area (Å²) >= 11 is 0. The Balaban J connectivity index is 1.22. The Labute approximate surface area is 263 Å². The highest BCUT2D eigenvalue weighted by atomic mass is 16.5. The second-order valence-corrected chi connectivity index (χ2v) is 12.3. The number of carbonyl (C=O) groups excluding carboxylic acids is 2. The minimum Gasteiger partial charge on any atom is -0.496 e. The molecule has 0 radical (unpaired) electrons. The lowest BCUT2D eigenvalue weighted by molar-refractivity contribution is -0.112. The number of pyridine rings is 1. The van der Waals surface area contributed by atoms with Crippen LogP contribution in [0.1, 0.15) is 58.4 Å². The molecule has 11 heteroatoms. The average Bonchev–Trinajstić information content (AvgIpc) is 3.78. The molecule has 2 aromatic carbocycles. The summed E-state index contributed by atoms with van der Waals surface area (Å²) in [5.41, 5.74) is 5.25. The van der Waals surface area contributed by atoms with Gasteiger partial charge in [-0.2, -0.15) is 0 Å². The van der Waals surface area contributed by atoms with Crippen molar-refractivity contribution in [3.8, 4) is 11.4 Å². The zero-order valence-corrected chi connectivity index (χ0v) is 26.1. The number of ether oxygens (including phenoxy) is 1. The lowest BCUT2D eigenvalue weighted by atomic mass is 9.75. The molecule has 2 fully saturated rings. The van der Waals surface area contributed by atoms with Gasteiger partial charge in [-0.05, 0) is 104 Å². The number of aryl methyl sites for hydroxylation is 2. The Hall–Kier alpha value is -4.64. The Morgan fingerprint density at radius 1 is 1.02 bits per heavy atom. The van der Waals surface area contributed by atoms with Gasteiger partial charge in [0.15, 0.2) is 0 Å². The van der Waals surface area contributed by atoms with Gasteiger partial charge in [0.05, 0.1) is 29.6 Å². The second kappa shape index (κ2) is 12.8. The van der Waals surface area contributed by atoms with Crippen molar-refractivity contribution in [2.45, 2.75) is 50.5 Å². The van der Waals surface area contributed by atoms with E-state index in [0.717, 1.165) is 57.4 Å². The number of tetrazole rings is 1. The first-order valence-electron chi connectivity index (χ1n) is 15.5. The predicted molar refractivity (Wildman–Crippen MR) is 169 cm³/mol. The molecular formula is C34H40N8O3. The molecule has 1 atom stereocenters. The third-order valence-corrected chi connectivity index (χ3v) is 9.89. The number of hydrogen-bond acceptors (Lipinski definition) is 8. The minimum absolute atomic E-state index is 0.0643. The van der Waals surface area contributed by atoms with E-state index < -0.39 is 5.54 Å². The van der Waals surface area contributed by atoms with Crippen LogP contribution < -0.4 is 10.1 Å². The average molecular weight is 609 g/mol. The number of nitrogens with one attached hydrogen (secondary N) is 1. The molecule has 45 heavy (non-hydrogen) atoms. The summed E-state index contributed by atoms with van der Waals surface area (Å²) in [6.07, 6.45) is 7.47. The second-order valence-electron chi connectivity index (χ2n) is 12.3. The Morgan fingerprint density at radius 2 is 1.87 bits per heavy atom. The molecule has 0 saturated carbocycles. The number of amides is 2. The van der Waals surface area contributed by atoms with Crippen molar-refractivity contribution in [1.29, 1.82) is 0 Å². The van der Waals surface area contributed by atoms with Crippen molar-refractivity contribution in [1.82, 2.24) is 40.3 Å². The molecule has 0 bridgehead atoms. The zero-order chi connectivity index (χ0) is 31.4. The van der Waals surface area contributed by atoms with Crippen LogP contribution in [0.3, 0.4) is 0 Å². The van der Waals surface area contributed by atoms with E-state index in [9.17, 15) is 9.59 Å². The number of aromatic nitrogens is 5. The third kappa shape index (κ3) is 6.04. The van der Waals surface area contributed by atoms with Crippen LogP contribution in [0.5, 0.6) is 5.75 Å². The van der Waals surface area contributed by atoms with E-state index in [2.05, 4.69) is 62.8 Å². The first-order valence-corrected chi connectivity index (χ1v) is 15.5. The van der Waals surface area contributed by atoms with Gasteiger partial charge in [0.2, 0.25) is 6.41 Å². The monoisotopic (exact) mass is 608 g/mol. The first kappa shape index (κ1) is 30.4. The van der Waals surface area contributed by atoms with Crippen molar-refractivity contribution in [2.24, 2.45) is 0 Å². The van der Waals surface area contributed by atoms with Crippen molar-refractivity contribution >= 4 is 12.3 Å². The Kier molecular flexibility index (Phi) is 8.62.